The predicted octanol–water partition coefficient (Wildman–Crippen LogP) is 3.62. The quantitative estimate of drug-likeness (QED) is 0.738. The Morgan fingerprint density at radius 1 is 1.00 bits per heavy atom. The molecule has 2 aromatic carbocycles. The van der Waals surface area contributed by atoms with E-state index in [1.165, 1.54) is 11.1 Å². The van der Waals surface area contributed by atoms with Crippen LogP contribution in [-0.2, 0) is 22.4 Å². The molecule has 6 heteroatoms. The Kier molecular flexibility index (Phi) is 5.93. The van der Waals surface area contributed by atoms with E-state index in [9.17, 15) is 9.59 Å². The number of hydrogen-bond donors (Lipinski definition) is 1. The summed E-state index contributed by atoms with van der Waals surface area (Å²) >= 11 is 0. The van der Waals surface area contributed by atoms with Gasteiger partial charge in [-0.1, -0.05) is 26.0 Å². The van der Waals surface area contributed by atoms with Crippen molar-refractivity contribution >= 4 is 11.9 Å². The topological polar surface area (TPSA) is 73.9 Å². The van der Waals surface area contributed by atoms with Crippen LogP contribution in [0.1, 0.15) is 53.4 Å². The SMILES string of the molecule is CC(C)[C@@H](NC(=O)COC(=O)c1ccc2c(c1)CCC2)c1ccc2c(c1)OCCO2. The first-order valence-electron chi connectivity index (χ1n) is 10.5. The van der Waals surface area contributed by atoms with Crippen LogP contribution in [0, 0.1) is 5.92 Å². The van der Waals surface area contributed by atoms with Crippen molar-refractivity contribution in [3.63, 3.8) is 0 Å². The molecule has 0 spiro atoms. The van der Waals surface area contributed by atoms with E-state index in [2.05, 4.69) is 5.32 Å². The lowest BCUT2D eigenvalue weighted by Crippen LogP contribution is -2.35. The van der Waals surface area contributed by atoms with Gasteiger partial charge in [0.05, 0.1) is 11.6 Å². The molecule has 2 aromatic rings. The number of nitrogens with one attached hydrogen (secondary N) is 1. The van der Waals surface area contributed by atoms with Gasteiger partial charge in [-0.15, -0.1) is 0 Å². The molecule has 6 nitrogen and oxygen atoms in total. The Labute approximate surface area is 176 Å². The third-order valence-electron chi connectivity index (χ3n) is 5.58. The van der Waals surface area contributed by atoms with E-state index in [-0.39, 0.29) is 24.5 Å². The Balaban J connectivity index is 1.37. The van der Waals surface area contributed by atoms with Gasteiger partial charge in [0.2, 0.25) is 0 Å². The molecule has 0 radical (unpaired) electrons. The second kappa shape index (κ2) is 8.78. The van der Waals surface area contributed by atoms with Crippen LogP contribution in [0.3, 0.4) is 0 Å². The van der Waals surface area contributed by atoms with Crippen molar-refractivity contribution in [3.8, 4) is 11.5 Å². The Morgan fingerprint density at radius 2 is 1.77 bits per heavy atom. The molecule has 0 bridgehead atoms. The fourth-order valence-corrected chi connectivity index (χ4v) is 4.02. The lowest BCUT2D eigenvalue weighted by molar-refractivity contribution is -0.125. The monoisotopic (exact) mass is 409 g/mol. The summed E-state index contributed by atoms with van der Waals surface area (Å²) in [5, 5.41) is 2.98. The van der Waals surface area contributed by atoms with Crippen LogP contribution < -0.4 is 14.8 Å². The van der Waals surface area contributed by atoms with Gasteiger partial charge in [0.25, 0.3) is 5.91 Å². The molecule has 1 atom stereocenters. The number of ether oxygens (including phenoxy) is 3. The maximum Gasteiger partial charge on any atom is 0.338 e. The smallest absolute Gasteiger partial charge is 0.338 e. The predicted molar refractivity (Wildman–Crippen MR) is 112 cm³/mol. The van der Waals surface area contributed by atoms with Gasteiger partial charge in [0, 0.05) is 0 Å². The molecule has 1 aliphatic carbocycles. The summed E-state index contributed by atoms with van der Waals surface area (Å²) in [7, 11) is 0. The van der Waals surface area contributed by atoms with E-state index in [1.807, 2.05) is 44.2 Å². The van der Waals surface area contributed by atoms with Gasteiger partial charge in [0.15, 0.2) is 18.1 Å². The highest BCUT2D eigenvalue weighted by atomic mass is 16.6. The van der Waals surface area contributed by atoms with Gasteiger partial charge in [-0.2, -0.15) is 0 Å². The zero-order valence-corrected chi connectivity index (χ0v) is 17.4. The van der Waals surface area contributed by atoms with Crippen molar-refractivity contribution in [2.75, 3.05) is 19.8 Å². The molecule has 4 rings (SSSR count). The number of carbonyl (C=O) groups is 2. The third-order valence-corrected chi connectivity index (χ3v) is 5.58. The molecule has 0 saturated heterocycles. The van der Waals surface area contributed by atoms with E-state index in [1.54, 1.807) is 6.07 Å². The summed E-state index contributed by atoms with van der Waals surface area (Å²) in [6, 6.07) is 11.1. The van der Waals surface area contributed by atoms with Crippen LogP contribution in [0.2, 0.25) is 0 Å². The maximum atomic E-state index is 12.5. The molecule has 1 N–H and O–H groups in total. The zero-order chi connectivity index (χ0) is 21.1. The van der Waals surface area contributed by atoms with Crippen molar-refractivity contribution in [1.29, 1.82) is 0 Å². The van der Waals surface area contributed by atoms with Crippen molar-refractivity contribution in [3.05, 3.63) is 58.7 Å². The highest BCUT2D eigenvalue weighted by Crippen LogP contribution is 2.34. The molecule has 0 unspecified atom stereocenters. The first kappa shape index (κ1) is 20.3. The molecular formula is C24H27NO5. The average molecular weight is 409 g/mol. The lowest BCUT2D eigenvalue weighted by atomic mass is 9.95. The molecular weight excluding hydrogens is 382 g/mol. The first-order valence-corrected chi connectivity index (χ1v) is 10.5. The minimum absolute atomic E-state index is 0.143. The Bertz CT molecular complexity index is 953. The minimum atomic E-state index is -0.472. The number of hydrogen-bond acceptors (Lipinski definition) is 5. The van der Waals surface area contributed by atoms with E-state index >= 15 is 0 Å². The van der Waals surface area contributed by atoms with Gasteiger partial charge in [0.1, 0.15) is 13.2 Å². The van der Waals surface area contributed by atoms with Crippen LogP contribution in [0.25, 0.3) is 0 Å². The van der Waals surface area contributed by atoms with E-state index < -0.39 is 5.97 Å². The fraction of sp³-hybridized carbons (Fsp3) is 0.417. The van der Waals surface area contributed by atoms with Gasteiger partial charge >= 0.3 is 5.97 Å². The second-order valence-electron chi connectivity index (χ2n) is 8.11. The van der Waals surface area contributed by atoms with Crippen molar-refractivity contribution in [2.45, 2.75) is 39.2 Å². The van der Waals surface area contributed by atoms with Gasteiger partial charge in [-0.3, -0.25) is 4.79 Å². The largest absolute Gasteiger partial charge is 0.486 e. The third kappa shape index (κ3) is 4.42. The Hall–Kier alpha value is -3.02. The fourth-order valence-electron chi connectivity index (χ4n) is 4.02. The zero-order valence-electron chi connectivity index (χ0n) is 17.4. The number of benzene rings is 2. The van der Waals surface area contributed by atoms with Crippen LogP contribution in [0.5, 0.6) is 11.5 Å². The minimum Gasteiger partial charge on any atom is -0.486 e. The van der Waals surface area contributed by atoms with Gasteiger partial charge in [-0.25, -0.2) is 4.79 Å². The molecule has 0 fully saturated rings. The number of amides is 1. The lowest BCUT2D eigenvalue weighted by Gasteiger charge is -2.25. The number of aryl methyl sites for hydroxylation is 2. The number of rotatable bonds is 6. The highest BCUT2D eigenvalue weighted by molar-refractivity contribution is 5.91. The normalized spacial score (nSPS) is 15.4. The number of carbonyl (C=O) groups excluding carboxylic acids is 2. The standard InChI is InChI=1S/C24H27NO5/c1-15(2)23(18-8-9-20-21(13-18)29-11-10-28-20)25-22(26)14-30-24(27)19-7-6-16-4-3-5-17(16)12-19/h6-9,12-13,15,23H,3-5,10-11,14H2,1-2H3,(H,25,26)/t23-/m1/s1. The second-order valence-corrected chi connectivity index (χ2v) is 8.11. The van der Waals surface area contributed by atoms with Crippen LogP contribution in [0.4, 0.5) is 0 Å². The molecule has 30 heavy (non-hydrogen) atoms. The van der Waals surface area contributed by atoms with Crippen LogP contribution in [0.15, 0.2) is 36.4 Å². The molecule has 1 aliphatic heterocycles. The van der Waals surface area contributed by atoms with Crippen molar-refractivity contribution in [1.82, 2.24) is 5.32 Å². The van der Waals surface area contributed by atoms with Crippen molar-refractivity contribution in [2.24, 2.45) is 5.92 Å². The molecule has 1 heterocycles. The van der Waals surface area contributed by atoms with E-state index in [0.29, 0.717) is 30.3 Å². The Morgan fingerprint density at radius 3 is 2.57 bits per heavy atom. The summed E-state index contributed by atoms with van der Waals surface area (Å²) in [4.78, 5) is 24.9. The summed E-state index contributed by atoms with van der Waals surface area (Å²) < 4.78 is 16.5. The average Bonchev–Trinajstić information content (AvgIpc) is 3.23. The molecule has 2 aliphatic rings. The number of fused-ring (bicyclic) bond motifs is 2. The summed E-state index contributed by atoms with van der Waals surface area (Å²) in [5.41, 5.74) is 3.92. The molecule has 158 valence electrons. The maximum absolute atomic E-state index is 12.5. The van der Waals surface area contributed by atoms with E-state index in [0.717, 1.165) is 24.8 Å². The molecule has 1 amide bonds. The van der Waals surface area contributed by atoms with Crippen molar-refractivity contribution < 1.29 is 23.8 Å². The van der Waals surface area contributed by atoms with Crippen LogP contribution in [-0.4, -0.2) is 31.7 Å². The summed E-state index contributed by atoms with van der Waals surface area (Å²) in [5.74, 6) is 0.728. The molecule has 0 aromatic heterocycles. The van der Waals surface area contributed by atoms with E-state index in [4.69, 9.17) is 14.2 Å². The molecule has 0 saturated carbocycles. The summed E-state index contributed by atoms with van der Waals surface area (Å²) in [6.07, 6.45) is 3.17. The number of esters is 1. The highest BCUT2D eigenvalue weighted by Gasteiger charge is 2.22. The first-order chi connectivity index (χ1) is 14.5. The van der Waals surface area contributed by atoms with Gasteiger partial charge < -0.3 is 19.5 Å². The van der Waals surface area contributed by atoms with Crippen LogP contribution >= 0.6 is 0 Å². The summed E-state index contributed by atoms with van der Waals surface area (Å²) in [6.45, 7) is 4.78. The van der Waals surface area contributed by atoms with Gasteiger partial charge in [-0.05, 0) is 66.1 Å².